The van der Waals surface area contributed by atoms with Crippen LogP contribution < -0.4 is 0 Å². The third-order valence-corrected chi connectivity index (χ3v) is 7.57. The molecule has 3 nitrogen and oxygen atoms in total. The van der Waals surface area contributed by atoms with Crippen molar-refractivity contribution in [3.63, 3.8) is 0 Å². The second-order valence-corrected chi connectivity index (χ2v) is 10.3. The van der Waals surface area contributed by atoms with Crippen molar-refractivity contribution < 1.29 is 14.3 Å². The number of Topliss-reactive ketones (excluding diaryl/α,β-unsaturated/α-hetero) is 1. The van der Waals surface area contributed by atoms with E-state index in [-0.39, 0.29) is 12.2 Å². The van der Waals surface area contributed by atoms with Gasteiger partial charge in [0, 0.05) is 4.90 Å². The third kappa shape index (κ3) is 5.22. The summed E-state index contributed by atoms with van der Waals surface area (Å²) in [6.45, 7) is 6.31. The van der Waals surface area contributed by atoms with Crippen LogP contribution in [0.2, 0.25) is 0 Å². The van der Waals surface area contributed by atoms with Crippen molar-refractivity contribution in [3.05, 3.63) is 101 Å². The van der Waals surface area contributed by atoms with Gasteiger partial charge >= 0.3 is 5.97 Å². The summed E-state index contributed by atoms with van der Waals surface area (Å²) < 4.78 is 6.18. The topological polar surface area (TPSA) is 43.4 Å². The number of aryl methyl sites for hydroxylation is 2. The van der Waals surface area contributed by atoms with E-state index in [1.54, 1.807) is 0 Å². The Morgan fingerprint density at radius 3 is 2.27 bits per heavy atom. The summed E-state index contributed by atoms with van der Waals surface area (Å²) in [5, 5.41) is -0.834. The Balaban J connectivity index is 1.60. The molecule has 0 bridgehead atoms. The van der Waals surface area contributed by atoms with E-state index in [1.807, 2.05) is 60.7 Å². The first-order valence-corrected chi connectivity index (χ1v) is 12.4. The van der Waals surface area contributed by atoms with Crippen molar-refractivity contribution in [3.8, 4) is 0 Å². The van der Waals surface area contributed by atoms with E-state index in [0.717, 1.165) is 28.0 Å². The molecular formula is C29H30O3S. The van der Waals surface area contributed by atoms with Crippen molar-refractivity contribution >= 4 is 23.5 Å². The molecule has 0 aromatic heterocycles. The van der Waals surface area contributed by atoms with Gasteiger partial charge in [-0.15, -0.1) is 11.8 Å². The van der Waals surface area contributed by atoms with E-state index >= 15 is 0 Å². The van der Waals surface area contributed by atoms with Gasteiger partial charge in [-0.05, 0) is 48.4 Å². The summed E-state index contributed by atoms with van der Waals surface area (Å²) in [6, 6.07) is 26.0. The molecule has 0 aliphatic carbocycles. The third-order valence-electron chi connectivity index (χ3n) is 6.25. The van der Waals surface area contributed by atoms with Crippen LogP contribution in [-0.4, -0.2) is 17.0 Å². The van der Waals surface area contributed by atoms with Crippen LogP contribution in [-0.2, 0) is 26.3 Å². The van der Waals surface area contributed by atoms with E-state index in [1.165, 1.54) is 17.3 Å². The average Bonchev–Trinajstić information content (AvgIpc) is 2.82. The molecule has 3 aromatic rings. The molecule has 1 aliphatic heterocycles. The number of carbonyl (C=O) groups excluding carboxylic acids is 2. The molecule has 1 heterocycles. The highest BCUT2D eigenvalue weighted by atomic mass is 32.2. The smallest absolute Gasteiger partial charge is 0.327 e. The van der Waals surface area contributed by atoms with Crippen molar-refractivity contribution in [2.75, 3.05) is 0 Å². The van der Waals surface area contributed by atoms with Crippen LogP contribution in [0.15, 0.2) is 83.8 Å². The summed E-state index contributed by atoms with van der Waals surface area (Å²) in [4.78, 5) is 27.7. The number of ether oxygens (including phenoxy) is 1. The number of benzene rings is 3. The molecule has 0 N–H and O–H groups in total. The summed E-state index contributed by atoms with van der Waals surface area (Å²) in [7, 11) is 0. The van der Waals surface area contributed by atoms with Crippen LogP contribution in [0.5, 0.6) is 0 Å². The van der Waals surface area contributed by atoms with Gasteiger partial charge in [0.15, 0.2) is 11.0 Å². The van der Waals surface area contributed by atoms with Crippen LogP contribution >= 0.6 is 11.8 Å². The fourth-order valence-electron chi connectivity index (χ4n) is 4.43. The molecule has 2 atom stereocenters. The molecule has 4 heteroatoms. The number of esters is 1. The minimum Gasteiger partial charge on any atom is -0.453 e. The molecule has 33 heavy (non-hydrogen) atoms. The fourth-order valence-corrected chi connectivity index (χ4v) is 5.62. The monoisotopic (exact) mass is 458 g/mol. The van der Waals surface area contributed by atoms with E-state index in [0.29, 0.717) is 12.3 Å². The second-order valence-electron chi connectivity index (χ2n) is 9.10. The van der Waals surface area contributed by atoms with Gasteiger partial charge in [-0.25, -0.2) is 0 Å². The molecule has 0 amide bonds. The van der Waals surface area contributed by atoms with Gasteiger partial charge in [-0.1, -0.05) is 92.2 Å². The van der Waals surface area contributed by atoms with Gasteiger partial charge in [-0.3, -0.25) is 9.59 Å². The molecule has 1 saturated heterocycles. The normalized spacial score (nSPS) is 20.7. The predicted octanol–water partition coefficient (Wildman–Crippen LogP) is 6.62. The van der Waals surface area contributed by atoms with Crippen LogP contribution in [0.1, 0.15) is 54.9 Å². The maximum atomic E-state index is 13.4. The van der Waals surface area contributed by atoms with Gasteiger partial charge in [0.05, 0.1) is 6.42 Å². The van der Waals surface area contributed by atoms with Crippen molar-refractivity contribution in [2.45, 2.75) is 61.7 Å². The van der Waals surface area contributed by atoms with Crippen molar-refractivity contribution in [1.82, 2.24) is 0 Å². The Labute approximate surface area is 200 Å². The fraction of sp³-hybridized carbons (Fsp3) is 0.310. The van der Waals surface area contributed by atoms with Crippen LogP contribution in [0, 0.1) is 6.92 Å². The Hall–Kier alpha value is -2.85. The number of hydrogen-bond acceptors (Lipinski definition) is 4. The van der Waals surface area contributed by atoms with Gasteiger partial charge < -0.3 is 4.74 Å². The van der Waals surface area contributed by atoms with Crippen molar-refractivity contribution in [1.29, 1.82) is 0 Å². The maximum absolute atomic E-state index is 13.4. The minimum absolute atomic E-state index is 0.0663. The molecule has 0 spiro atoms. The van der Waals surface area contributed by atoms with Crippen LogP contribution in [0.25, 0.3) is 0 Å². The molecule has 1 fully saturated rings. The lowest BCUT2D eigenvalue weighted by atomic mass is 9.81. The summed E-state index contributed by atoms with van der Waals surface area (Å²) >= 11 is 1.33. The highest BCUT2D eigenvalue weighted by Gasteiger charge is 2.48. The largest absolute Gasteiger partial charge is 0.453 e. The van der Waals surface area contributed by atoms with Gasteiger partial charge in [-0.2, -0.15) is 0 Å². The number of rotatable bonds is 7. The second kappa shape index (κ2) is 9.96. The summed E-state index contributed by atoms with van der Waals surface area (Å²) in [5.41, 5.74) is 3.43. The molecule has 0 saturated carbocycles. The first-order valence-electron chi connectivity index (χ1n) is 11.5. The van der Waals surface area contributed by atoms with Crippen LogP contribution in [0.4, 0.5) is 0 Å². The number of ketones is 1. The Bertz CT molecular complexity index is 1100. The summed E-state index contributed by atoms with van der Waals surface area (Å²) in [6.07, 6.45) is 1.48. The number of carbonyl (C=O) groups is 2. The van der Waals surface area contributed by atoms with E-state index < -0.39 is 16.8 Å². The molecule has 2 unspecified atom stereocenters. The Kier molecular flexibility index (Phi) is 7.04. The predicted molar refractivity (Wildman–Crippen MR) is 134 cm³/mol. The van der Waals surface area contributed by atoms with Gasteiger partial charge in [0.25, 0.3) is 0 Å². The Morgan fingerprint density at radius 1 is 0.970 bits per heavy atom. The number of cyclic esters (lactones) is 1. The lowest BCUT2D eigenvalue weighted by Gasteiger charge is -2.39. The van der Waals surface area contributed by atoms with Gasteiger partial charge in [0.2, 0.25) is 0 Å². The highest BCUT2D eigenvalue weighted by Crippen LogP contribution is 2.43. The molecule has 3 aromatic carbocycles. The lowest BCUT2D eigenvalue weighted by Crippen LogP contribution is -2.47. The zero-order chi connectivity index (χ0) is 23.4. The SMILES string of the molecule is Cc1ccc(SC2C(=O)CC(CCc3ccccc3)(c3ccccc3)OC2=O)c(C(C)C)c1. The van der Waals surface area contributed by atoms with E-state index in [9.17, 15) is 9.59 Å². The first-order chi connectivity index (χ1) is 15.9. The molecule has 170 valence electrons. The minimum atomic E-state index is -0.934. The van der Waals surface area contributed by atoms with E-state index in [2.05, 4.69) is 39.0 Å². The van der Waals surface area contributed by atoms with Gasteiger partial charge in [0.1, 0.15) is 5.60 Å². The molecular weight excluding hydrogens is 428 g/mol. The zero-order valence-electron chi connectivity index (χ0n) is 19.4. The molecule has 0 radical (unpaired) electrons. The quantitative estimate of drug-likeness (QED) is 0.295. The number of thioether (sulfide) groups is 1. The zero-order valence-corrected chi connectivity index (χ0v) is 20.2. The number of hydrogen-bond donors (Lipinski definition) is 0. The molecule has 4 rings (SSSR count). The highest BCUT2D eigenvalue weighted by molar-refractivity contribution is 8.01. The van der Waals surface area contributed by atoms with Crippen LogP contribution in [0.3, 0.4) is 0 Å². The average molecular weight is 459 g/mol. The first kappa shape index (κ1) is 23.3. The molecule has 1 aliphatic rings. The maximum Gasteiger partial charge on any atom is 0.327 e. The standard InChI is InChI=1S/C29H30O3S/c1-20(2)24-18-21(3)14-15-26(24)33-27-25(30)19-29(32-28(27)31,23-12-8-5-9-13-23)17-16-22-10-6-4-7-11-22/h4-15,18,20,27H,16-17,19H2,1-3H3. The Morgan fingerprint density at radius 2 is 1.64 bits per heavy atom. The summed E-state index contributed by atoms with van der Waals surface area (Å²) in [5.74, 6) is -0.205. The lowest BCUT2D eigenvalue weighted by molar-refractivity contribution is -0.171. The van der Waals surface area contributed by atoms with Crippen molar-refractivity contribution in [2.24, 2.45) is 0 Å². The van der Waals surface area contributed by atoms with E-state index in [4.69, 9.17) is 4.74 Å².